The van der Waals surface area contributed by atoms with Gasteiger partial charge in [0.05, 0.1) is 24.2 Å². The number of aromatic nitrogens is 2. The van der Waals surface area contributed by atoms with Gasteiger partial charge in [-0.05, 0) is 5.56 Å². The summed E-state index contributed by atoms with van der Waals surface area (Å²) in [5, 5.41) is 4.32. The number of likely N-dealkylation sites (N-methyl/N-ethyl adjacent to an activating group) is 1. The summed E-state index contributed by atoms with van der Waals surface area (Å²) < 4.78 is 1.63. The van der Waals surface area contributed by atoms with Gasteiger partial charge in [-0.3, -0.25) is 14.3 Å². The van der Waals surface area contributed by atoms with E-state index in [1.54, 1.807) is 25.0 Å². The van der Waals surface area contributed by atoms with Crippen LogP contribution in [-0.4, -0.2) is 40.6 Å². The maximum absolute atomic E-state index is 11.8. The quantitative estimate of drug-likeness (QED) is 0.876. The van der Waals surface area contributed by atoms with Gasteiger partial charge in [0, 0.05) is 20.3 Å². The van der Waals surface area contributed by atoms with E-state index in [4.69, 9.17) is 5.73 Å². The van der Waals surface area contributed by atoms with Crippen LogP contribution in [0, 0.1) is 0 Å². The Morgan fingerprint density at radius 3 is 2.48 bits per heavy atom. The zero-order valence-corrected chi connectivity index (χ0v) is 12.1. The topological polar surface area (TPSA) is 81.2 Å². The molecular weight excluding hydrogens is 268 g/mol. The van der Waals surface area contributed by atoms with Gasteiger partial charge in [-0.1, -0.05) is 30.3 Å². The highest BCUT2D eigenvalue weighted by Gasteiger charge is 2.17. The van der Waals surface area contributed by atoms with Crippen LogP contribution in [0.4, 0.5) is 0 Å². The van der Waals surface area contributed by atoms with E-state index >= 15 is 0 Å². The summed E-state index contributed by atoms with van der Waals surface area (Å²) in [4.78, 5) is 24.7. The predicted octanol–water partition coefficient (Wildman–Crippen LogP) is 0.661. The van der Waals surface area contributed by atoms with Gasteiger partial charge in [0.15, 0.2) is 0 Å². The van der Waals surface area contributed by atoms with E-state index in [0.29, 0.717) is 17.8 Å². The van der Waals surface area contributed by atoms with Crippen molar-refractivity contribution in [3.63, 3.8) is 0 Å². The van der Waals surface area contributed by atoms with Gasteiger partial charge in [0.25, 0.3) is 5.91 Å². The molecule has 0 radical (unpaired) electrons. The monoisotopic (exact) mass is 286 g/mol. The number of rotatable bonds is 5. The van der Waals surface area contributed by atoms with Crippen molar-refractivity contribution in [3.05, 3.63) is 53.3 Å². The molecule has 1 aromatic carbocycles. The zero-order valence-electron chi connectivity index (χ0n) is 12.1. The van der Waals surface area contributed by atoms with Crippen LogP contribution in [0.15, 0.2) is 36.5 Å². The second kappa shape index (κ2) is 6.21. The number of nitrogens with two attached hydrogens (primary N) is 1. The van der Waals surface area contributed by atoms with Gasteiger partial charge in [0.2, 0.25) is 5.91 Å². The van der Waals surface area contributed by atoms with Crippen LogP contribution in [0.25, 0.3) is 0 Å². The van der Waals surface area contributed by atoms with Crippen LogP contribution in [0.2, 0.25) is 0 Å². The van der Waals surface area contributed by atoms with Crippen LogP contribution in [0.3, 0.4) is 0 Å². The van der Waals surface area contributed by atoms with Crippen molar-refractivity contribution in [1.29, 1.82) is 0 Å². The van der Waals surface area contributed by atoms with Crippen LogP contribution in [0.1, 0.15) is 21.6 Å². The van der Waals surface area contributed by atoms with Crippen LogP contribution < -0.4 is 5.73 Å². The smallest absolute Gasteiger partial charge is 0.252 e. The number of carbonyl (C=O) groups excluding carboxylic acids is 2. The molecule has 0 aliphatic carbocycles. The minimum Gasteiger partial charge on any atom is -0.365 e. The van der Waals surface area contributed by atoms with Crippen molar-refractivity contribution in [2.75, 3.05) is 14.1 Å². The Morgan fingerprint density at radius 2 is 1.90 bits per heavy atom. The molecule has 0 spiro atoms. The molecule has 2 aromatic rings. The Bertz CT molecular complexity index is 647. The van der Waals surface area contributed by atoms with E-state index in [-0.39, 0.29) is 12.3 Å². The van der Waals surface area contributed by atoms with Crippen LogP contribution >= 0.6 is 0 Å². The molecule has 1 aromatic heterocycles. The van der Waals surface area contributed by atoms with Gasteiger partial charge in [-0.2, -0.15) is 5.10 Å². The highest BCUT2D eigenvalue weighted by atomic mass is 16.2. The standard InChI is InChI=1S/C15H18N4O2/c1-18(2)14(20)8-13-12(15(16)21)10-19(17-13)9-11-6-4-3-5-7-11/h3-7,10H,8-9H2,1-2H3,(H2,16,21). The molecule has 1 heterocycles. The number of carbonyl (C=O) groups is 2. The van der Waals surface area contributed by atoms with E-state index in [1.807, 2.05) is 30.3 Å². The Morgan fingerprint density at radius 1 is 1.24 bits per heavy atom. The number of benzene rings is 1. The fraction of sp³-hybridized carbons (Fsp3) is 0.267. The summed E-state index contributed by atoms with van der Waals surface area (Å²) in [6.45, 7) is 0.525. The van der Waals surface area contributed by atoms with Gasteiger partial charge in [-0.25, -0.2) is 0 Å². The molecule has 0 bridgehead atoms. The molecule has 0 aliphatic heterocycles. The summed E-state index contributed by atoms with van der Waals surface area (Å²) in [5.41, 5.74) is 7.12. The molecule has 0 unspecified atom stereocenters. The molecule has 6 heteroatoms. The van der Waals surface area contributed by atoms with Gasteiger partial charge in [0.1, 0.15) is 0 Å². The molecule has 6 nitrogen and oxygen atoms in total. The number of primary amides is 1. The average molecular weight is 286 g/mol. The van der Waals surface area contributed by atoms with Crippen molar-refractivity contribution in [3.8, 4) is 0 Å². The maximum atomic E-state index is 11.8. The Labute approximate surface area is 123 Å². The molecule has 0 atom stereocenters. The largest absolute Gasteiger partial charge is 0.365 e. The molecule has 110 valence electrons. The number of hydrogen-bond donors (Lipinski definition) is 1. The first kappa shape index (κ1) is 14.8. The second-order valence-electron chi connectivity index (χ2n) is 5.00. The molecule has 2 N–H and O–H groups in total. The second-order valence-corrected chi connectivity index (χ2v) is 5.00. The van der Waals surface area contributed by atoms with Crippen LogP contribution in [-0.2, 0) is 17.8 Å². The van der Waals surface area contributed by atoms with E-state index in [1.165, 1.54) is 4.90 Å². The lowest BCUT2D eigenvalue weighted by Crippen LogP contribution is -2.25. The number of nitrogens with zero attached hydrogens (tertiary/aromatic N) is 3. The van der Waals surface area contributed by atoms with E-state index in [0.717, 1.165) is 5.56 Å². The van der Waals surface area contributed by atoms with E-state index < -0.39 is 5.91 Å². The van der Waals surface area contributed by atoms with Crippen molar-refractivity contribution >= 4 is 11.8 Å². The first-order valence-electron chi connectivity index (χ1n) is 6.57. The van der Waals surface area contributed by atoms with Gasteiger partial charge in [-0.15, -0.1) is 0 Å². The van der Waals surface area contributed by atoms with E-state index in [2.05, 4.69) is 5.10 Å². The van der Waals surface area contributed by atoms with Crippen molar-refractivity contribution in [2.45, 2.75) is 13.0 Å². The lowest BCUT2D eigenvalue weighted by Gasteiger charge is -2.08. The fourth-order valence-corrected chi connectivity index (χ4v) is 1.95. The first-order valence-corrected chi connectivity index (χ1v) is 6.57. The highest BCUT2D eigenvalue weighted by molar-refractivity contribution is 5.95. The van der Waals surface area contributed by atoms with E-state index in [9.17, 15) is 9.59 Å². The molecule has 21 heavy (non-hydrogen) atoms. The molecule has 0 aliphatic rings. The normalized spacial score (nSPS) is 10.4. The lowest BCUT2D eigenvalue weighted by atomic mass is 10.2. The average Bonchev–Trinajstić information content (AvgIpc) is 2.82. The third-order valence-electron chi connectivity index (χ3n) is 3.11. The minimum atomic E-state index is -0.573. The summed E-state index contributed by atoms with van der Waals surface area (Å²) >= 11 is 0. The van der Waals surface area contributed by atoms with Crippen molar-refractivity contribution in [2.24, 2.45) is 5.73 Å². The maximum Gasteiger partial charge on any atom is 0.252 e. The summed E-state index contributed by atoms with van der Waals surface area (Å²) in [6, 6.07) is 9.74. The lowest BCUT2D eigenvalue weighted by molar-refractivity contribution is -0.128. The Kier molecular flexibility index (Phi) is 4.37. The van der Waals surface area contributed by atoms with Crippen molar-refractivity contribution < 1.29 is 9.59 Å². The summed E-state index contributed by atoms with van der Waals surface area (Å²) in [7, 11) is 3.32. The Balaban J connectivity index is 2.25. The molecule has 0 saturated carbocycles. The molecule has 0 fully saturated rings. The molecule has 2 amide bonds. The Hall–Kier alpha value is -2.63. The SMILES string of the molecule is CN(C)C(=O)Cc1nn(Cc2ccccc2)cc1C(N)=O. The number of amides is 2. The van der Waals surface area contributed by atoms with Gasteiger partial charge < -0.3 is 10.6 Å². The summed E-state index contributed by atoms with van der Waals surface area (Å²) in [6.07, 6.45) is 1.65. The molecular formula is C15H18N4O2. The minimum absolute atomic E-state index is 0.0626. The van der Waals surface area contributed by atoms with Gasteiger partial charge >= 0.3 is 0 Å². The first-order chi connectivity index (χ1) is 9.97. The number of hydrogen-bond acceptors (Lipinski definition) is 3. The summed E-state index contributed by atoms with van der Waals surface area (Å²) in [5.74, 6) is -0.696. The molecule has 2 rings (SSSR count). The molecule has 0 saturated heterocycles. The zero-order chi connectivity index (χ0) is 15.4. The third-order valence-corrected chi connectivity index (χ3v) is 3.11. The van der Waals surface area contributed by atoms with Crippen molar-refractivity contribution in [1.82, 2.24) is 14.7 Å². The fourth-order valence-electron chi connectivity index (χ4n) is 1.95. The van der Waals surface area contributed by atoms with Crippen LogP contribution in [0.5, 0.6) is 0 Å². The predicted molar refractivity (Wildman–Crippen MR) is 78.7 cm³/mol. The third kappa shape index (κ3) is 3.68. The highest BCUT2D eigenvalue weighted by Crippen LogP contribution is 2.10.